The standard InChI is InChI=1S/C22H24N2O8.ClH/c1-7-8-5-4-6-9(25)11(8)16(26)12-10(7)17(27)14-15(24(2)3)18(28)13(21(23)31)20(30)22(14,32)19(12)29;/h4-7,10,14-15,17,25-27,30,32H,1-3H3,(H2,23,31);1H/t7?,10?,14?,15?,17?,22-;/m0./s1. The summed E-state index contributed by atoms with van der Waals surface area (Å²) in [5.41, 5.74) is 1.47. The maximum absolute atomic E-state index is 13.7. The predicted octanol–water partition coefficient (Wildman–Crippen LogP) is -0.0824. The molecule has 0 saturated heterocycles. The number of phenolic OH excluding ortho intramolecular Hbond substituents is 1. The summed E-state index contributed by atoms with van der Waals surface area (Å²) in [4.78, 5) is 40.0. The van der Waals surface area contributed by atoms with E-state index in [1.54, 1.807) is 19.1 Å². The van der Waals surface area contributed by atoms with Crippen LogP contribution in [-0.2, 0) is 14.4 Å². The van der Waals surface area contributed by atoms with E-state index in [1.165, 1.54) is 25.1 Å². The summed E-state index contributed by atoms with van der Waals surface area (Å²) >= 11 is 0. The van der Waals surface area contributed by atoms with Gasteiger partial charge in [-0.2, -0.15) is 0 Å². The van der Waals surface area contributed by atoms with Crippen LogP contribution in [0.25, 0.3) is 5.76 Å². The molecule has 1 aromatic carbocycles. The maximum Gasteiger partial charge on any atom is 0.255 e. The van der Waals surface area contributed by atoms with Gasteiger partial charge in [0.1, 0.15) is 22.8 Å². The average molecular weight is 481 g/mol. The van der Waals surface area contributed by atoms with Crippen LogP contribution in [0.5, 0.6) is 5.75 Å². The molecule has 0 heterocycles. The summed E-state index contributed by atoms with van der Waals surface area (Å²) < 4.78 is 0. The van der Waals surface area contributed by atoms with E-state index in [9.17, 15) is 39.9 Å². The zero-order chi connectivity index (χ0) is 23.9. The maximum atomic E-state index is 13.7. The van der Waals surface area contributed by atoms with Gasteiger partial charge in [-0.3, -0.25) is 19.3 Å². The second kappa shape index (κ2) is 7.84. The Morgan fingerprint density at radius 2 is 1.76 bits per heavy atom. The summed E-state index contributed by atoms with van der Waals surface area (Å²) in [6, 6.07) is 3.13. The highest BCUT2D eigenvalue weighted by Gasteiger charge is 2.68. The molecule has 0 aromatic heterocycles. The van der Waals surface area contributed by atoms with Crippen molar-refractivity contribution in [1.29, 1.82) is 0 Å². The van der Waals surface area contributed by atoms with Gasteiger partial charge < -0.3 is 31.3 Å². The average Bonchev–Trinajstić information content (AvgIpc) is 2.70. The third kappa shape index (κ3) is 2.95. The van der Waals surface area contributed by atoms with Gasteiger partial charge in [0.25, 0.3) is 5.91 Å². The molecule has 7 N–H and O–H groups in total. The van der Waals surface area contributed by atoms with Gasteiger partial charge in [-0.15, -0.1) is 12.4 Å². The lowest BCUT2D eigenvalue weighted by atomic mass is 9.54. The van der Waals surface area contributed by atoms with Gasteiger partial charge in [-0.25, -0.2) is 0 Å². The Hall–Kier alpha value is -2.92. The van der Waals surface area contributed by atoms with E-state index in [0.29, 0.717) is 5.56 Å². The second-order valence-corrected chi connectivity index (χ2v) is 8.79. The summed E-state index contributed by atoms with van der Waals surface area (Å²) in [5, 5.41) is 54.9. The molecular weight excluding hydrogens is 456 g/mol. The number of benzene rings is 1. The number of aromatic hydroxyl groups is 1. The molecule has 3 aliphatic carbocycles. The number of carbonyl (C=O) groups is 3. The molecule has 33 heavy (non-hydrogen) atoms. The van der Waals surface area contributed by atoms with Crippen molar-refractivity contribution >= 4 is 35.6 Å². The van der Waals surface area contributed by atoms with Crippen molar-refractivity contribution in [3.8, 4) is 5.75 Å². The van der Waals surface area contributed by atoms with Crippen molar-refractivity contribution in [3.05, 3.63) is 46.2 Å². The van der Waals surface area contributed by atoms with Crippen molar-refractivity contribution < 1.29 is 39.9 Å². The number of aliphatic hydroxyl groups is 4. The van der Waals surface area contributed by atoms with Gasteiger partial charge in [0.2, 0.25) is 5.78 Å². The lowest BCUT2D eigenvalue weighted by Gasteiger charge is -2.53. The van der Waals surface area contributed by atoms with Crippen LogP contribution in [0.15, 0.2) is 35.1 Å². The van der Waals surface area contributed by atoms with E-state index in [1.807, 2.05) is 0 Å². The third-order valence-corrected chi connectivity index (χ3v) is 6.99. The van der Waals surface area contributed by atoms with E-state index in [2.05, 4.69) is 0 Å². The number of primary amides is 1. The number of hydrogen-bond donors (Lipinski definition) is 6. The first-order chi connectivity index (χ1) is 14.9. The third-order valence-electron chi connectivity index (χ3n) is 6.99. The quantitative estimate of drug-likeness (QED) is 0.315. The monoisotopic (exact) mass is 480 g/mol. The van der Waals surface area contributed by atoms with E-state index in [4.69, 9.17) is 5.73 Å². The fraction of sp³-hybridized carbons (Fsp3) is 0.409. The van der Waals surface area contributed by atoms with Crippen molar-refractivity contribution in [2.45, 2.75) is 30.6 Å². The highest BCUT2D eigenvalue weighted by atomic mass is 35.5. The number of fused-ring (bicyclic) bond motifs is 3. The van der Waals surface area contributed by atoms with Crippen molar-refractivity contribution in [2.75, 3.05) is 14.1 Å². The Morgan fingerprint density at radius 3 is 2.30 bits per heavy atom. The number of amides is 1. The number of nitrogens with two attached hydrogens (primary N) is 1. The zero-order valence-corrected chi connectivity index (χ0v) is 18.8. The number of phenols is 1. The number of Topliss-reactive ketones (excluding diaryl/α,β-unsaturated/α-hetero) is 2. The van der Waals surface area contributed by atoms with Gasteiger partial charge in [0.15, 0.2) is 11.4 Å². The van der Waals surface area contributed by atoms with Crippen molar-refractivity contribution in [1.82, 2.24) is 4.90 Å². The first-order valence-corrected chi connectivity index (χ1v) is 10.0. The minimum Gasteiger partial charge on any atom is -0.508 e. The lowest BCUT2D eigenvalue weighted by molar-refractivity contribution is -0.169. The van der Waals surface area contributed by atoms with Gasteiger partial charge in [0, 0.05) is 11.5 Å². The number of aliphatic hydroxyl groups excluding tert-OH is 3. The Labute approximate surface area is 195 Å². The van der Waals surface area contributed by atoms with E-state index in [0.717, 1.165) is 0 Å². The summed E-state index contributed by atoms with van der Waals surface area (Å²) in [5.74, 6) is -8.87. The molecule has 0 aliphatic heterocycles. The van der Waals surface area contributed by atoms with E-state index in [-0.39, 0.29) is 23.7 Å². The molecule has 1 fully saturated rings. The molecule has 4 rings (SSSR count). The van der Waals surface area contributed by atoms with Crippen LogP contribution < -0.4 is 5.73 Å². The highest BCUT2D eigenvalue weighted by Crippen LogP contribution is 2.55. The molecular formula is C22H25ClN2O8. The largest absolute Gasteiger partial charge is 0.508 e. The summed E-state index contributed by atoms with van der Waals surface area (Å²) in [6.07, 6.45) is -1.59. The normalized spacial score (nSPS) is 33.3. The van der Waals surface area contributed by atoms with Crippen LogP contribution in [0, 0.1) is 11.8 Å². The molecule has 1 aromatic rings. The fourth-order valence-electron chi connectivity index (χ4n) is 5.58. The lowest BCUT2D eigenvalue weighted by Crippen LogP contribution is -2.70. The SMILES string of the molecule is CC1c2cccc(O)c2C(O)=C2C(=O)[C@]3(O)C(O)=C(C(N)=O)C(=O)C(N(C)C)C3C(O)C21.Cl. The Bertz CT molecular complexity index is 1140. The Kier molecular flexibility index (Phi) is 5.87. The molecule has 178 valence electrons. The molecule has 0 spiro atoms. The zero-order valence-electron chi connectivity index (χ0n) is 18.0. The number of carbonyl (C=O) groups excluding carboxylic acids is 3. The molecule has 5 unspecified atom stereocenters. The first kappa shape index (κ1) is 24.7. The minimum atomic E-state index is -2.89. The van der Waals surface area contributed by atoms with E-state index >= 15 is 0 Å². The molecule has 3 aliphatic rings. The molecule has 1 saturated carbocycles. The number of likely N-dealkylation sites (N-methyl/N-ethyl adjacent to an activating group) is 1. The van der Waals surface area contributed by atoms with Crippen LogP contribution in [-0.4, -0.2) is 79.7 Å². The van der Waals surface area contributed by atoms with Crippen LogP contribution in [0.1, 0.15) is 24.0 Å². The summed E-state index contributed by atoms with van der Waals surface area (Å²) in [7, 11) is 2.92. The second-order valence-electron chi connectivity index (χ2n) is 8.79. The molecule has 0 radical (unpaired) electrons. The van der Waals surface area contributed by atoms with Gasteiger partial charge >= 0.3 is 0 Å². The van der Waals surface area contributed by atoms with E-state index < -0.39 is 75.6 Å². The Balaban J connectivity index is 0.00000306. The molecule has 0 bridgehead atoms. The highest BCUT2D eigenvalue weighted by molar-refractivity contribution is 6.24. The van der Waals surface area contributed by atoms with Gasteiger partial charge in [-0.1, -0.05) is 19.1 Å². The number of hydrogen-bond acceptors (Lipinski definition) is 9. The molecule has 1 amide bonds. The number of rotatable bonds is 2. The molecule has 10 nitrogen and oxygen atoms in total. The van der Waals surface area contributed by atoms with Gasteiger partial charge in [-0.05, 0) is 31.6 Å². The number of nitrogens with zero attached hydrogens (tertiary/aromatic N) is 1. The predicted molar refractivity (Wildman–Crippen MR) is 118 cm³/mol. The summed E-state index contributed by atoms with van der Waals surface area (Å²) in [6.45, 7) is 1.68. The van der Waals surface area contributed by atoms with Crippen molar-refractivity contribution in [2.24, 2.45) is 17.6 Å². The smallest absolute Gasteiger partial charge is 0.255 e. The van der Waals surface area contributed by atoms with Crippen LogP contribution in [0.4, 0.5) is 0 Å². The van der Waals surface area contributed by atoms with Crippen molar-refractivity contribution in [3.63, 3.8) is 0 Å². The molecule has 6 atom stereocenters. The molecule has 11 heteroatoms. The topological polar surface area (TPSA) is 182 Å². The van der Waals surface area contributed by atoms with Gasteiger partial charge in [0.05, 0.1) is 23.6 Å². The fourth-order valence-corrected chi connectivity index (χ4v) is 5.58. The van der Waals surface area contributed by atoms with Crippen LogP contribution in [0.2, 0.25) is 0 Å². The van der Waals surface area contributed by atoms with Crippen LogP contribution >= 0.6 is 12.4 Å². The Morgan fingerprint density at radius 1 is 1.15 bits per heavy atom. The first-order valence-electron chi connectivity index (χ1n) is 10.0. The number of ketones is 2. The van der Waals surface area contributed by atoms with Crippen LogP contribution in [0.3, 0.4) is 0 Å². The number of halogens is 1. The minimum absolute atomic E-state index is 0.